The monoisotopic (exact) mass is 284 g/mol. The van der Waals surface area contributed by atoms with Crippen molar-refractivity contribution in [3.63, 3.8) is 0 Å². The Morgan fingerprint density at radius 3 is 2.43 bits per heavy atom. The van der Waals surface area contributed by atoms with E-state index in [1.165, 1.54) is 23.8 Å². The molecule has 3 nitrogen and oxygen atoms in total. The van der Waals surface area contributed by atoms with Gasteiger partial charge in [-0.15, -0.1) is 0 Å². The summed E-state index contributed by atoms with van der Waals surface area (Å²) >= 11 is 0. The third kappa shape index (κ3) is 4.35. The van der Waals surface area contributed by atoms with Gasteiger partial charge in [0.2, 0.25) is 0 Å². The van der Waals surface area contributed by atoms with Gasteiger partial charge >= 0.3 is 5.97 Å². The molecule has 2 aromatic carbocycles. The van der Waals surface area contributed by atoms with Gasteiger partial charge in [-0.25, -0.2) is 0 Å². The molecule has 21 heavy (non-hydrogen) atoms. The number of ether oxygens (including phenoxy) is 2. The van der Waals surface area contributed by atoms with Gasteiger partial charge in [-0.3, -0.25) is 4.79 Å². The molecular weight excluding hydrogens is 264 g/mol. The van der Waals surface area contributed by atoms with Crippen molar-refractivity contribution in [2.75, 3.05) is 7.11 Å². The van der Waals surface area contributed by atoms with Gasteiger partial charge in [-0.2, -0.15) is 0 Å². The summed E-state index contributed by atoms with van der Waals surface area (Å²) in [6, 6.07) is 13.9. The molecule has 0 saturated carbocycles. The van der Waals surface area contributed by atoms with Gasteiger partial charge in [-0.05, 0) is 42.7 Å². The maximum Gasteiger partial charge on any atom is 0.309 e. The van der Waals surface area contributed by atoms with Crippen molar-refractivity contribution in [2.45, 2.75) is 26.9 Å². The first-order valence-electron chi connectivity index (χ1n) is 6.93. The lowest BCUT2D eigenvalue weighted by molar-refractivity contribution is -0.139. The second kappa shape index (κ2) is 6.93. The average Bonchev–Trinajstić information content (AvgIpc) is 2.49. The first kappa shape index (κ1) is 15.1. The van der Waals surface area contributed by atoms with Crippen molar-refractivity contribution in [1.29, 1.82) is 0 Å². The van der Waals surface area contributed by atoms with Crippen molar-refractivity contribution in [3.8, 4) is 5.75 Å². The van der Waals surface area contributed by atoms with E-state index in [9.17, 15) is 4.79 Å². The standard InChI is InChI=1S/C18H20O3/c1-13-4-5-14(2)16(10-13)12-21-17-8-6-15(7-9-17)11-18(19)20-3/h4-10H,11-12H2,1-3H3. The molecule has 0 aliphatic heterocycles. The van der Waals surface area contributed by atoms with Gasteiger partial charge in [-0.1, -0.05) is 35.9 Å². The van der Waals surface area contributed by atoms with E-state index < -0.39 is 0 Å². The van der Waals surface area contributed by atoms with Gasteiger partial charge in [0, 0.05) is 0 Å². The Balaban J connectivity index is 1.97. The lowest BCUT2D eigenvalue weighted by atomic mass is 10.1. The summed E-state index contributed by atoms with van der Waals surface area (Å²) in [6.07, 6.45) is 0.285. The van der Waals surface area contributed by atoms with Crippen molar-refractivity contribution >= 4 is 5.97 Å². The topological polar surface area (TPSA) is 35.5 Å². The normalized spacial score (nSPS) is 10.2. The summed E-state index contributed by atoms with van der Waals surface area (Å²) in [5.74, 6) is 0.559. The molecule has 0 spiro atoms. The van der Waals surface area contributed by atoms with Gasteiger partial charge in [0.1, 0.15) is 12.4 Å². The van der Waals surface area contributed by atoms with Crippen LogP contribution in [-0.2, 0) is 22.6 Å². The largest absolute Gasteiger partial charge is 0.489 e. The summed E-state index contributed by atoms with van der Waals surface area (Å²) in [5, 5.41) is 0. The number of esters is 1. The lowest BCUT2D eigenvalue weighted by Gasteiger charge is -2.10. The van der Waals surface area contributed by atoms with Crippen molar-refractivity contribution in [3.05, 3.63) is 64.7 Å². The molecular formula is C18H20O3. The fourth-order valence-electron chi connectivity index (χ4n) is 2.06. The summed E-state index contributed by atoms with van der Waals surface area (Å²) in [5.41, 5.74) is 4.56. The van der Waals surface area contributed by atoms with E-state index in [0.717, 1.165) is 11.3 Å². The zero-order valence-corrected chi connectivity index (χ0v) is 12.7. The van der Waals surface area contributed by atoms with E-state index in [1.54, 1.807) is 0 Å². The molecule has 0 aliphatic rings. The van der Waals surface area contributed by atoms with Crippen LogP contribution < -0.4 is 4.74 Å². The van der Waals surface area contributed by atoms with Crippen LogP contribution in [0.15, 0.2) is 42.5 Å². The Bertz CT molecular complexity index is 615. The zero-order chi connectivity index (χ0) is 15.2. The molecule has 2 aromatic rings. The molecule has 0 radical (unpaired) electrons. The van der Waals surface area contributed by atoms with E-state index in [-0.39, 0.29) is 12.4 Å². The predicted octanol–water partition coefficient (Wildman–Crippen LogP) is 3.60. The van der Waals surface area contributed by atoms with Crippen molar-refractivity contribution < 1.29 is 14.3 Å². The molecule has 0 atom stereocenters. The molecule has 0 aliphatic carbocycles. The summed E-state index contributed by atoms with van der Waals surface area (Å²) in [4.78, 5) is 11.2. The van der Waals surface area contributed by atoms with E-state index >= 15 is 0 Å². The molecule has 0 amide bonds. The maximum atomic E-state index is 11.2. The van der Waals surface area contributed by atoms with Crippen LogP contribution in [-0.4, -0.2) is 13.1 Å². The molecule has 0 saturated heterocycles. The average molecular weight is 284 g/mol. The van der Waals surface area contributed by atoms with Crippen LogP contribution in [0.1, 0.15) is 22.3 Å². The number of hydrogen-bond acceptors (Lipinski definition) is 3. The van der Waals surface area contributed by atoms with Crippen LogP contribution in [0.25, 0.3) is 0 Å². The minimum atomic E-state index is -0.237. The number of rotatable bonds is 5. The number of methoxy groups -OCH3 is 1. The van der Waals surface area contributed by atoms with Crippen LogP contribution in [0.5, 0.6) is 5.75 Å². The highest BCUT2D eigenvalue weighted by atomic mass is 16.5. The molecule has 0 unspecified atom stereocenters. The second-order valence-electron chi connectivity index (χ2n) is 5.12. The maximum absolute atomic E-state index is 11.2. The number of carbonyl (C=O) groups excluding carboxylic acids is 1. The first-order valence-corrected chi connectivity index (χ1v) is 6.93. The number of carbonyl (C=O) groups is 1. The van der Waals surface area contributed by atoms with Gasteiger partial charge in [0.25, 0.3) is 0 Å². The zero-order valence-electron chi connectivity index (χ0n) is 12.7. The SMILES string of the molecule is COC(=O)Cc1ccc(OCc2cc(C)ccc2C)cc1. The Morgan fingerprint density at radius 1 is 1.05 bits per heavy atom. The summed E-state index contributed by atoms with van der Waals surface area (Å²) in [7, 11) is 1.39. The highest BCUT2D eigenvalue weighted by Gasteiger charge is 2.04. The lowest BCUT2D eigenvalue weighted by Crippen LogP contribution is -2.04. The van der Waals surface area contributed by atoms with Crippen molar-refractivity contribution in [2.24, 2.45) is 0 Å². The van der Waals surface area contributed by atoms with E-state index in [4.69, 9.17) is 4.74 Å². The first-order chi connectivity index (χ1) is 10.1. The fraction of sp³-hybridized carbons (Fsp3) is 0.278. The van der Waals surface area contributed by atoms with Crippen molar-refractivity contribution in [1.82, 2.24) is 0 Å². The Kier molecular flexibility index (Phi) is 4.99. The van der Waals surface area contributed by atoms with Crippen LogP contribution >= 0.6 is 0 Å². The number of hydrogen-bond donors (Lipinski definition) is 0. The minimum absolute atomic E-state index is 0.237. The van der Waals surface area contributed by atoms with E-state index in [1.807, 2.05) is 24.3 Å². The molecule has 0 N–H and O–H groups in total. The van der Waals surface area contributed by atoms with Crippen LogP contribution in [0, 0.1) is 13.8 Å². The second-order valence-corrected chi connectivity index (χ2v) is 5.12. The summed E-state index contributed by atoms with van der Waals surface area (Å²) < 4.78 is 10.4. The Morgan fingerprint density at radius 2 is 1.76 bits per heavy atom. The number of benzene rings is 2. The molecule has 0 fully saturated rings. The molecule has 0 heterocycles. The van der Waals surface area contributed by atoms with E-state index in [2.05, 4.69) is 36.8 Å². The van der Waals surface area contributed by atoms with Gasteiger partial charge in [0.05, 0.1) is 13.5 Å². The third-order valence-corrected chi connectivity index (χ3v) is 3.40. The van der Waals surface area contributed by atoms with Gasteiger partial charge in [0.15, 0.2) is 0 Å². The Labute approximate surface area is 125 Å². The third-order valence-electron chi connectivity index (χ3n) is 3.40. The quantitative estimate of drug-likeness (QED) is 0.787. The highest BCUT2D eigenvalue weighted by Crippen LogP contribution is 2.17. The minimum Gasteiger partial charge on any atom is -0.489 e. The highest BCUT2D eigenvalue weighted by molar-refractivity contribution is 5.72. The molecule has 3 heteroatoms. The molecule has 0 bridgehead atoms. The van der Waals surface area contributed by atoms with Crippen LogP contribution in [0.3, 0.4) is 0 Å². The van der Waals surface area contributed by atoms with Crippen LogP contribution in [0.4, 0.5) is 0 Å². The van der Waals surface area contributed by atoms with Crippen LogP contribution in [0.2, 0.25) is 0 Å². The Hall–Kier alpha value is -2.29. The van der Waals surface area contributed by atoms with E-state index in [0.29, 0.717) is 6.61 Å². The molecule has 0 aromatic heterocycles. The summed E-state index contributed by atoms with van der Waals surface area (Å²) in [6.45, 7) is 4.70. The molecule has 110 valence electrons. The predicted molar refractivity (Wildman–Crippen MR) is 82.4 cm³/mol. The fourth-order valence-corrected chi connectivity index (χ4v) is 2.06. The smallest absolute Gasteiger partial charge is 0.309 e. The van der Waals surface area contributed by atoms with Gasteiger partial charge < -0.3 is 9.47 Å². The number of aryl methyl sites for hydroxylation is 2. The molecule has 2 rings (SSSR count).